The molecule has 1 aromatic rings. The molecule has 1 amide bonds. The first-order valence-electron chi connectivity index (χ1n) is 7.33. The van der Waals surface area contributed by atoms with Gasteiger partial charge in [-0.25, -0.2) is 0 Å². The monoisotopic (exact) mass is 361 g/mol. The SMILES string of the molecule is CCCCCCCN(CCCO)C(=O)c1sccc1Br. The van der Waals surface area contributed by atoms with Crippen LogP contribution in [0.4, 0.5) is 0 Å². The van der Waals surface area contributed by atoms with Gasteiger partial charge >= 0.3 is 0 Å². The Balaban J connectivity index is 2.50. The highest BCUT2D eigenvalue weighted by atomic mass is 79.9. The van der Waals surface area contributed by atoms with Crippen LogP contribution in [-0.4, -0.2) is 35.6 Å². The molecule has 0 unspecified atom stereocenters. The summed E-state index contributed by atoms with van der Waals surface area (Å²) in [6.07, 6.45) is 6.59. The number of halogens is 1. The zero-order valence-electron chi connectivity index (χ0n) is 12.1. The molecule has 0 saturated carbocycles. The lowest BCUT2D eigenvalue weighted by molar-refractivity contribution is 0.0745. The Morgan fingerprint density at radius 1 is 1.25 bits per heavy atom. The molecule has 20 heavy (non-hydrogen) atoms. The van der Waals surface area contributed by atoms with Crippen LogP contribution in [0.3, 0.4) is 0 Å². The van der Waals surface area contributed by atoms with Crippen molar-refractivity contribution in [3.63, 3.8) is 0 Å². The highest BCUT2D eigenvalue weighted by Gasteiger charge is 2.18. The van der Waals surface area contributed by atoms with Gasteiger partial charge in [-0.2, -0.15) is 0 Å². The van der Waals surface area contributed by atoms with Gasteiger partial charge in [0.25, 0.3) is 5.91 Å². The summed E-state index contributed by atoms with van der Waals surface area (Å²) >= 11 is 4.89. The van der Waals surface area contributed by atoms with Crippen molar-refractivity contribution in [2.75, 3.05) is 19.7 Å². The average molecular weight is 362 g/mol. The minimum Gasteiger partial charge on any atom is -0.396 e. The molecule has 0 radical (unpaired) electrons. The molecule has 0 spiro atoms. The second-order valence-corrected chi connectivity index (χ2v) is 6.65. The Hall–Kier alpha value is -0.390. The van der Waals surface area contributed by atoms with Crippen LogP contribution in [0.2, 0.25) is 0 Å². The first-order valence-corrected chi connectivity index (χ1v) is 9.01. The average Bonchev–Trinajstić information content (AvgIpc) is 2.87. The van der Waals surface area contributed by atoms with Crippen molar-refractivity contribution in [3.8, 4) is 0 Å². The summed E-state index contributed by atoms with van der Waals surface area (Å²) in [5, 5.41) is 10.9. The highest BCUT2D eigenvalue weighted by molar-refractivity contribution is 9.10. The van der Waals surface area contributed by atoms with E-state index < -0.39 is 0 Å². The van der Waals surface area contributed by atoms with Gasteiger partial charge in [0.15, 0.2) is 0 Å². The Bertz CT molecular complexity index is 395. The van der Waals surface area contributed by atoms with Gasteiger partial charge in [0.05, 0.1) is 0 Å². The van der Waals surface area contributed by atoms with Crippen molar-refractivity contribution >= 4 is 33.2 Å². The van der Waals surface area contributed by atoms with Gasteiger partial charge in [-0.15, -0.1) is 11.3 Å². The van der Waals surface area contributed by atoms with Gasteiger partial charge in [0, 0.05) is 24.2 Å². The van der Waals surface area contributed by atoms with E-state index in [1.165, 1.54) is 37.0 Å². The number of unbranched alkanes of at least 4 members (excludes halogenated alkanes) is 4. The molecule has 0 aliphatic heterocycles. The Morgan fingerprint density at radius 2 is 1.95 bits per heavy atom. The van der Waals surface area contributed by atoms with Crippen molar-refractivity contribution < 1.29 is 9.90 Å². The molecule has 0 saturated heterocycles. The summed E-state index contributed by atoms with van der Waals surface area (Å²) in [5.74, 6) is 0.0795. The fraction of sp³-hybridized carbons (Fsp3) is 0.667. The molecule has 0 aliphatic rings. The maximum atomic E-state index is 12.5. The van der Waals surface area contributed by atoms with Crippen LogP contribution in [0.15, 0.2) is 15.9 Å². The molecule has 0 bridgehead atoms. The van der Waals surface area contributed by atoms with Crippen molar-refractivity contribution in [1.82, 2.24) is 4.90 Å². The van der Waals surface area contributed by atoms with Gasteiger partial charge in [-0.05, 0) is 40.2 Å². The summed E-state index contributed by atoms with van der Waals surface area (Å²) in [6.45, 7) is 3.75. The zero-order chi connectivity index (χ0) is 14.8. The van der Waals surface area contributed by atoms with Crippen LogP contribution < -0.4 is 0 Å². The van der Waals surface area contributed by atoms with Gasteiger partial charge in [-0.3, -0.25) is 4.79 Å². The van der Waals surface area contributed by atoms with Crippen molar-refractivity contribution in [3.05, 3.63) is 20.8 Å². The summed E-state index contributed by atoms with van der Waals surface area (Å²) in [7, 11) is 0. The molecule has 1 N–H and O–H groups in total. The largest absolute Gasteiger partial charge is 0.396 e. The van der Waals surface area contributed by atoms with E-state index in [9.17, 15) is 4.79 Å². The molecule has 5 heteroatoms. The second-order valence-electron chi connectivity index (χ2n) is 4.88. The third kappa shape index (κ3) is 5.94. The predicted octanol–water partition coefficient (Wildman–Crippen LogP) is 4.31. The van der Waals surface area contributed by atoms with Crippen molar-refractivity contribution in [1.29, 1.82) is 0 Å². The standard InChI is InChI=1S/C15H24BrNO2S/c1-2-3-4-5-6-9-17(10-7-11-18)15(19)14-13(16)8-12-20-14/h8,12,18H,2-7,9-11H2,1H3. The molecule has 1 heterocycles. The number of thiophene rings is 1. The number of carbonyl (C=O) groups is 1. The number of amides is 1. The molecule has 3 nitrogen and oxygen atoms in total. The number of hydrogen-bond acceptors (Lipinski definition) is 3. The molecule has 0 aliphatic carbocycles. The number of carbonyl (C=O) groups excluding carboxylic acids is 1. The first-order chi connectivity index (χ1) is 9.70. The van der Waals surface area contributed by atoms with E-state index in [-0.39, 0.29) is 12.5 Å². The molecule has 0 aromatic carbocycles. The van der Waals surface area contributed by atoms with Crippen LogP contribution in [0.1, 0.15) is 55.1 Å². The maximum Gasteiger partial charge on any atom is 0.265 e. The van der Waals surface area contributed by atoms with Crippen LogP contribution >= 0.6 is 27.3 Å². The van der Waals surface area contributed by atoms with E-state index in [0.29, 0.717) is 13.0 Å². The quantitative estimate of drug-likeness (QED) is 0.630. The molecule has 114 valence electrons. The van der Waals surface area contributed by atoms with E-state index in [2.05, 4.69) is 22.9 Å². The van der Waals surface area contributed by atoms with Crippen molar-refractivity contribution in [2.24, 2.45) is 0 Å². The fourth-order valence-electron chi connectivity index (χ4n) is 2.07. The minimum absolute atomic E-state index is 0.0795. The van der Waals surface area contributed by atoms with E-state index >= 15 is 0 Å². The van der Waals surface area contributed by atoms with E-state index in [0.717, 1.165) is 22.3 Å². The van der Waals surface area contributed by atoms with Crippen LogP contribution in [0.25, 0.3) is 0 Å². The van der Waals surface area contributed by atoms with Crippen LogP contribution in [0.5, 0.6) is 0 Å². The number of rotatable bonds is 10. The lowest BCUT2D eigenvalue weighted by atomic mass is 10.1. The van der Waals surface area contributed by atoms with Crippen molar-refractivity contribution in [2.45, 2.75) is 45.4 Å². The predicted molar refractivity (Wildman–Crippen MR) is 88.4 cm³/mol. The van der Waals surface area contributed by atoms with E-state index in [1.807, 2.05) is 16.3 Å². The topological polar surface area (TPSA) is 40.5 Å². The number of aliphatic hydroxyl groups is 1. The summed E-state index contributed by atoms with van der Waals surface area (Å²) in [4.78, 5) is 15.1. The smallest absolute Gasteiger partial charge is 0.265 e. The third-order valence-electron chi connectivity index (χ3n) is 3.22. The minimum atomic E-state index is 0.0795. The van der Waals surface area contributed by atoms with Crippen LogP contribution in [0, 0.1) is 0 Å². The van der Waals surface area contributed by atoms with Gasteiger partial charge < -0.3 is 10.0 Å². The van der Waals surface area contributed by atoms with Gasteiger partial charge in [0.1, 0.15) is 4.88 Å². The Labute approximate surface area is 134 Å². The van der Waals surface area contributed by atoms with E-state index in [4.69, 9.17) is 5.11 Å². The number of hydrogen-bond donors (Lipinski definition) is 1. The first kappa shape index (κ1) is 17.7. The molecule has 1 rings (SSSR count). The number of aliphatic hydroxyl groups excluding tert-OH is 1. The normalized spacial score (nSPS) is 10.8. The fourth-order valence-corrected chi connectivity index (χ4v) is 3.58. The summed E-state index contributed by atoms with van der Waals surface area (Å²) in [6, 6.07) is 1.91. The lowest BCUT2D eigenvalue weighted by Crippen LogP contribution is -2.33. The Morgan fingerprint density at radius 3 is 2.55 bits per heavy atom. The van der Waals surface area contributed by atoms with Gasteiger partial charge in [0.2, 0.25) is 0 Å². The van der Waals surface area contributed by atoms with Gasteiger partial charge in [-0.1, -0.05) is 32.6 Å². The maximum absolute atomic E-state index is 12.5. The zero-order valence-corrected chi connectivity index (χ0v) is 14.5. The summed E-state index contributed by atoms with van der Waals surface area (Å²) in [5.41, 5.74) is 0. The lowest BCUT2D eigenvalue weighted by Gasteiger charge is -2.22. The van der Waals surface area contributed by atoms with E-state index in [1.54, 1.807) is 0 Å². The third-order valence-corrected chi connectivity index (χ3v) is 5.04. The molecule has 0 atom stereocenters. The Kier molecular flexibility index (Phi) is 9.14. The molecule has 1 aromatic heterocycles. The molecular formula is C15H24BrNO2S. The highest BCUT2D eigenvalue weighted by Crippen LogP contribution is 2.24. The summed E-state index contributed by atoms with van der Waals surface area (Å²) < 4.78 is 0.868. The second kappa shape index (κ2) is 10.4. The van der Waals surface area contributed by atoms with Crippen LogP contribution in [-0.2, 0) is 0 Å². The molecular weight excluding hydrogens is 338 g/mol. The molecule has 0 fully saturated rings. The number of nitrogens with zero attached hydrogens (tertiary/aromatic N) is 1.